The summed E-state index contributed by atoms with van der Waals surface area (Å²) in [5, 5.41) is 5.76. The van der Waals surface area contributed by atoms with E-state index >= 15 is 0 Å². The van der Waals surface area contributed by atoms with Crippen molar-refractivity contribution in [3.63, 3.8) is 0 Å². The van der Waals surface area contributed by atoms with Crippen LogP contribution in [0.4, 0.5) is 5.13 Å². The van der Waals surface area contributed by atoms with Crippen LogP contribution in [-0.2, 0) is 4.74 Å². The van der Waals surface area contributed by atoms with Crippen LogP contribution in [0.15, 0.2) is 41.8 Å². The smallest absolute Gasteiger partial charge is 0.344 e. The zero-order chi connectivity index (χ0) is 19.7. The largest absolute Gasteiger partial charge is 0.497 e. The number of carbonyl (C=O) groups is 1. The molecule has 0 aliphatic carbocycles. The van der Waals surface area contributed by atoms with E-state index in [4.69, 9.17) is 18.9 Å². The number of ether oxygens (including phenoxy) is 4. The number of nitrogens with zero attached hydrogens (tertiary/aromatic N) is 1. The summed E-state index contributed by atoms with van der Waals surface area (Å²) < 4.78 is 21.3. The van der Waals surface area contributed by atoms with Crippen molar-refractivity contribution >= 4 is 22.4 Å². The van der Waals surface area contributed by atoms with Gasteiger partial charge in [-0.2, -0.15) is 0 Å². The third kappa shape index (κ3) is 3.11. The van der Waals surface area contributed by atoms with E-state index in [0.717, 1.165) is 17.0 Å². The molecule has 0 fully saturated rings. The second kappa shape index (κ2) is 7.40. The lowest BCUT2D eigenvalue weighted by molar-refractivity contribution is 0.0435. The van der Waals surface area contributed by atoms with E-state index in [1.165, 1.54) is 25.6 Å². The maximum absolute atomic E-state index is 12.4. The fraction of sp³-hybridized carbons (Fsp3) is 0.200. The average molecular weight is 398 g/mol. The zero-order valence-electron chi connectivity index (χ0n) is 15.5. The summed E-state index contributed by atoms with van der Waals surface area (Å²) in [4.78, 5) is 17.0. The number of cyclic esters (lactones) is 1. The summed E-state index contributed by atoms with van der Waals surface area (Å²) in [7, 11) is 4.65. The van der Waals surface area contributed by atoms with Crippen molar-refractivity contribution < 1.29 is 23.7 Å². The maximum atomic E-state index is 12.4. The fourth-order valence-corrected chi connectivity index (χ4v) is 3.79. The molecule has 0 saturated carbocycles. The van der Waals surface area contributed by atoms with Crippen molar-refractivity contribution in [1.29, 1.82) is 0 Å². The standard InChI is InChI=1S/C20H18N2O5S/c1-24-12-6-4-11(5-7-12)14-10-28-20(21-14)22-18-13-8-9-15(25-2)17(26-3)16(13)19(23)27-18/h4-10,18H,1-3H3,(H,21,22)/t18-/m1/s1. The van der Waals surface area contributed by atoms with Crippen molar-refractivity contribution in [3.8, 4) is 28.5 Å². The lowest BCUT2D eigenvalue weighted by atomic mass is 10.1. The normalized spacial score (nSPS) is 15.0. The third-order valence-corrected chi connectivity index (χ3v) is 5.21. The highest BCUT2D eigenvalue weighted by molar-refractivity contribution is 7.14. The first kappa shape index (κ1) is 18.1. The van der Waals surface area contributed by atoms with E-state index in [0.29, 0.717) is 27.8 Å². The van der Waals surface area contributed by atoms with Crippen LogP contribution >= 0.6 is 11.3 Å². The summed E-state index contributed by atoms with van der Waals surface area (Å²) in [6, 6.07) is 11.2. The van der Waals surface area contributed by atoms with E-state index < -0.39 is 12.2 Å². The van der Waals surface area contributed by atoms with Crippen LogP contribution in [0.1, 0.15) is 22.1 Å². The molecule has 0 saturated heterocycles. The summed E-state index contributed by atoms with van der Waals surface area (Å²) in [6.45, 7) is 0. The molecule has 2 heterocycles. The monoisotopic (exact) mass is 398 g/mol. The van der Waals surface area contributed by atoms with E-state index in [2.05, 4.69) is 10.3 Å². The number of fused-ring (bicyclic) bond motifs is 1. The zero-order valence-corrected chi connectivity index (χ0v) is 16.3. The van der Waals surface area contributed by atoms with Crippen molar-refractivity contribution in [2.24, 2.45) is 0 Å². The molecule has 28 heavy (non-hydrogen) atoms. The number of thiazole rings is 1. The molecule has 1 atom stereocenters. The van der Waals surface area contributed by atoms with Crippen molar-refractivity contribution in [2.75, 3.05) is 26.6 Å². The molecule has 1 aliphatic rings. The Bertz CT molecular complexity index is 1020. The van der Waals surface area contributed by atoms with Gasteiger partial charge in [-0.05, 0) is 36.4 Å². The molecule has 7 nitrogen and oxygen atoms in total. The topological polar surface area (TPSA) is 78.9 Å². The average Bonchev–Trinajstić information content (AvgIpc) is 3.32. The van der Waals surface area contributed by atoms with Gasteiger partial charge in [0.2, 0.25) is 6.23 Å². The van der Waals surface area contributed by atoms with Crippen LogP contribution in [0.2, 0.25) is 0 Å². The number of nitrogens with one attached hydrogen (secondary N) is 1. The van der Waals surface area contributed by atoms with Gasteiger partial charge < -0.3 is 24.3 Å². The first-order chi connectivity index (χ1) is 13.6. The molecule has 0 unspecified atom stereocenters. The number of methoxy groups -OCH3 is 3. The molecule has 2 aromatic carbocycles. The number of aromatic nitrogens is 1. The van der Waals surface area contributed by atoms with Crippen LogP contribution in [0.25, 0.3) is 11.3 Å². The molecule has 144 valence electrons. The van der Waals surface area contributed by atoms with Crippen LogP contribution in [0.3, 0.4) is 0 Å². The molecule has 4 rings (SSSR count). The summed E-state index contributed by atoms with van der Waals surface area (Å²) in [5.41, 5.74) is 2.85. The lowest BCUT2D eigenvalue weighted by Crippen LogP contribution is -2.10. The van der Waals surface area contributed by atoms with Gasteiger partial charge in [0, 0.05) is 16.5 Å². The van der Waals surface area contributed by atoms with Gasteiger partial charge in [0.25, 0.3) is 0 Å². The lowest BCUT2D eigenvalue weighted by Gasteiger charge is -2.13. The highest BCUT2D eigenvalue weighted by Gasteiger charge is 2.36. The Kier molecular flexibility index (Phi) is 4.79. The molecule has 3 aromatic rings. The number of hydrogen-bond donors (Lipinski definition) is 1. The number of rotatable bonds is 6. The van der Waals surface area contributed by atoms with Gasteiger partial charge in [0.15, 0.2) is 16.6 Å². The van der Waals surface area contributed by atoms with Gasteiger partial charge in [-0.3, -0.25) is 0 Å². The van der Waals surface area contributed by atoms with E-state index in [1.807, 2.05) is 29.6 Å². The Labute approximate surface area is 165 Å². The number of carbonyl (C=O) groups excluding carboxylic acids is 1. The number of esters is 1. The summed E-state index contributed by atoms with van der Waals surface area (Å²) in [5.74, 6) is 1.17. The number of benzene rings is 2. The molecule has 0 amide bonds. The first-order valence-corrected chi connectivity index (χ1v) is 9.35. The number of hydrogen-bond acceptors (Lipinski definition) is 8. The minimum Gasteiger partial charge on any atom is -0.497 e. The van der Waals surface area contributed by atoms with Gasteiger partial charge in [-0.25, -0.2) is 9.78 Å². The maximum Gasteiger partial charge on any atom is 0.344 e. The number of anilines is 1. The molecule has 0 bridgehead atoms. The highest BCUT2D eigenvalue weighted by Crippen LogP contribution is 2.42. The predicted molar refractivity (Wildman–Crippen MR) is 105 cm³/mol. The summed E-state index contributed by atoms with van der Waals surface area (Å²) in [6.07, 6.45) is -0.642. The molecule has 1 N–H and O–H groups in total. The third-order valence-electron chi connectivity index (χ3n) is 4.43. The molecule has 0 spiro atoms. The van der Waals surface area contributed by atoms with Gasteiger partial charge in [-0.1, -0.05) is 0 Å². The molecule has 1 aliphatic heterocycles. The molecular weight excluding hydrogens is 380 g/mol. The second-order valence-electron chi connectivity index (χ2n) is 5.96. The molecular formula is C20H18N2O5S. The van der Waals surface area contributed by atoms with Gasteiger partial charge in [0.1, 0.15) is 11.3 Å². The SMILES string of the molecule is COc1ccc(-c2csc(N[C@@H]3OC(=O)c4c3ccc(OC)c4OC)n2)cc1. The van der Waals surface area contributed by atoms with Crippen molar-refractivity contribution in [1.82, 2.24) is 4.98 Å². The van der Waals surface area contributed by atoms with Gasteiger partial charge in [0.05, 0.1) is 27.0 Å². The Morgan fingerprint density at radius 3 is 2.50 bits per heavy atom. The molecule has 8 heteroatoms. The van der Waals surface area contributed by atoms with E-state index in [-0.39, 0.29) is 0 Å². The Balaban J connectivity index is 1.58. The highest BCUT2D eigenvalue weighted by atomic mass is 32.1. The quantitative estimate of drug-likeness (QED) is 0.626. The second-order valence-corrected chi connectivity index (χ2v) is 6.82. The van der Waals surface area contributed by atoms with Crippen LogP contribution in [0.5, 0.6) is 17.2 Å². The molecule has 0 radical (unpaired) electrons. The van der Waals surface area contributed by atoms with E-state index in [9.17, 15) is 4.79 Å². The van der Waals surface area contributed by atoms with Crippen LogP contribution < -0.4 is 19.5 Å². The van der Waals surface area contributed by atoms with Crippen LogP contribution in [-0.4, -0.2) is 32.3 Å². The van der Waals surface area contributed by atoms with E-state index in [1.54, 1.807) is 19.2 Å². The minimum atomic E-state index is -0.642. The molecule has 1 aromatic heterocycles. The van der Waals surface area contributed by atoms with Crippen molar-refractivity contribution in [2.45, 2.75) is 6.23 Å². The predicted octanol–water partition coefficient (Wildman–Crippen LogP) is 4.12. The van der Waals surface area contributed by atoms with Gasteiger partial charge >= 0.3 is 5.97 Å². The van der Waals surface area contributed by atoms with Crippen molar-refractivity contribution in [3.05, 3.63) is 52.9 Å². The Morgan fingerprint density at radius 1 is 1.04 bits per heavy atom. The summed E-state index contributed by atoms with van der Waals surface area (Å²) >= 11 is 1.43. The first-order valence-electron chi connectivity index (χ1n) is 8.47. The Morgan fingerprint density at radius 2 is 1.82 bits per heavy atom. The Hall–Kier alpha value is -3.26. The van der Waals surface area contributed by atoms with Crippen LogP contribution in [0, 0.1) is 0 Å². The van der Waals surface area contributed by atoms with Gasteiger partial charge in [-0.15, -0.1) is 11.3 Å². The fourth-order valence-electron chi connectivity index (χ4n) is 3.05. The minimum absolute atomic E-state index is 0.367.